The zero-order chi connectivity index (χ0) is 13.8. The van der Waals surface area contributed by atoms with E-state index in [1.54, 1.807) is 18.2 Å². The number of hydrogen-bond donors (Lipinski definition) is 2. The first-order chi connectivity index (χ1) is 9.11. The lowest BCUT2D eigenvalue weighted by molar-refractivity contribution is 0.0663. The second-order valence-electron chi connectivity index (χ2n) is 4.02. The number of carbonyl (C=O) groups is 1. The van der Waals surface area contributed by atoms with E-state index in [0.29, 0.717) is 11.9 Å². The van der Waals surface area contributed by atoms with E-state index in [1.807, 2.05) is 12.2 Å². The van der Waals surface area contributed by atoms with Crippen LogP contribution in [0.15, 0.2) is 39.6 Å². The summed E-state index contributed by atoms with van der Waals surface area (Å²) >= 11 is 0. The molecule has 0 unspecified atom stereocenters. The van der Waals surface area contributed by atoms with Crippen LogP contribution >= 0.6 is 0 Å². The van der Waals surface area contributed by atoms with E-state index in [0.717, 1.165) is 18.1 Å². The third-order valence-corrected chi connectivity index (χ3v) is 2.61. The Morgan fingerprint density at radius 1 is 1.37 bits per heavy atom. The second-order valence-corrected chi connectivity index (χ2v) is 4.02. The minimum Gasteiger partial charge on any atom is -0.475 e. The van der Waals surface area contributed by atoms with E-state index in [-0.39, 0.29) is 16.8 Å². The van der Waals surface area contributed by atoms with Crippen molar-refractivity contribution in [2.45, 2.75) is 6.42 Å². The summed E-state index contributed by atoms with van der Waals surface area (Å²) in [5, 5.41) is 9.17. The zero-order valence-corrected chi connectivity index (χ0v) is 10.1. The van der Waals surface area contributed by atoms with E-state index < -0.39 is 5.97 Å². The quantitative estimate of drug-likeness (QED) is 0.873. The van der Waals surface area contributed by atoms with Crippen molar-refractivity contribution in [1.29, 1.82) is 0 Å². The third-order valence-electron chi connectivity index (χ3n) is 2.61. The first kappa shape index (κ1) is 13.0. The Hall–Kier alpha value is -2.40. The molecule has 1 heterocycles. The summed E-state index contributed by atoms with van der Waals surface area (Å²) in [7, 11) is 0. The highest BCUT2D eigenvalue weighted by Gasteiger charge is 2.10. The largest absolute Gasteiger partial charge is 0.475 e. The Morgan fingerprint density at radius 3 is 2.84 bits per heavy atom. The molecule has 0 atom stereocenters. The van der Waals surface area contributed by atoms with Gasteiger partial charge in [0.15, 0.2) is 5.43 Å². The van der Waals surface area contributed by atoms with Crippen LogP contribution in [0.25, 0.3) is 17.0 Å². The lowest BCUT2D eigenvalue weighted by atomic mass is 10.1. The molecule has 0 radical (unpaired) electrons. The Balaban J connectivity index is 2.49. The van der Waals surface area contributed by atoms with Crippen LogP contribution in [0.2, 0.25) is 0 Å². The van der Waals surface area contributed by atoms with Crippen LogP contribution in [0.4, 0.5) is 0 Å². The van der Waals surface area contributed by atoms with Gasteiger partial charge >= 0.3 is 5.97 Å². The van der Waals surface area contributed by atoms with Crippen molar-refractivity contribution in [3.05, 3.63) is 51.9 Å². The molecule has 0 saturated carbocycles. The molecule has 0 spiro atoms. The highest BCUT2D eigenvalue weighted by Crippen LogP contribution is 2.15. The van der Waals surface area contributed by atoms with Gasteiger partial charge in [-0.25, -0.2) is 4.79 Å². The van der Waals surface area contributed by atoms with Gasteiger partial charge in [0.1, 0.15) is 5.58 Å². The molecule has 2 aromatic rings. The summed E-state index contributed by atoms with van der Waals surface area (Å²) in [6.07, 6.45) is 4.52. The van der Waals surface area contributed by atoms with Crippen molar-refractivity contribution in [3.63, 3.8) is 0 Å². The number of carboxylic acid groups (broad SMARTS) is 1. The van der Waals surface area contributed by atoms with Crippen LogP contribution in [0.5, 0.6) is 0 Å². The van der Waals surface area contributed by atoms with E-state index in [2.05, 4.69) is 0 Å². The van der Waals surface area contributed by atoms with E-state index >= 15 is 0 Å². The summed E-state index contributed by atoms with van der Waals surface area (Å²) < 4.78 is 5.14. The van der Waals surface area contributed by atoms with Crippen LogP contribution in [0.3, 0.4) is 0 Å². The molecule has 0 amide bonds. The van der Waals surface area contributed by atoms with Crippen molar-refractivity contribution >= 4 is 23.0 Å². The molecular weight excluding hydrogens is 246 g/mol. The molecule has 0 aliphatic carbocycles. The number of rotatable bonds is 4. The molecule has 98 valence electrons. The van der Waals surface area contributed by atoms with Gasteiger partial charge in [0, 0.05) is 6.07 Å². The maximum atomic E-state index is 11.8. The normalized spacial score (nSPS) is 11.2. The standard InChI is InChI=1S/C14H13NO4/c15-6-2-1-3-9-4-5-12-10(7-9)11(16)8-13(19-12)14(17)18/h1,3-5,7-8H,2,6,15H2,(H,17,18). The fourth-order valence-electron chi connectivity index (χ4n) is 1.70. The van der Waals surface area contributed by atoms with Crippen LogP contribution in [-0.2, 0) is 0 Å². The molecule has 1 aromatic heterocycles. The first-order valence-corrected chi connectivity index (χ1v) is 5.79. The van der Waals surface area contributed by atoms with Crippen LogP contribution in [0.1, 0.15) is 22.5 Å². The molecule has 3 N–H and O–H groups in total. The van der Waals surface area contributed by atoms with Crippen LogP contribution < -0.4 is 11.2 Å². The number of fused-ring (bicyclic) bond motifs is 1. The van der Waals surface area contributed by atoms with Crippen molar-refractivity contribution in [2.24, 2.45) is 5.73 Å². The molecule has 0 aliphatic heterocycles. The Labute approximate surface area is 109 Å². The summed E-state index contributed by atoms with van der Waals surface area (Å²) in [6.45, 7) is 0.564. The SMILES string of the molecule is NCCC=Cc1ccc2oc(C(=O)O)cc(=O)c2c1. The lowest BCUT2D eigenvalue weighted by Crippen LogP contribution is -2.06. The highest BCUT2D eigenvalue weighted by molar-refractivity contribution is 5.88. The number of hydrogen-bond acceptors (Lipinski definition) is 4. The van der Waals surface area contributed by atoms with E-state index in [9.17, 15) is 9.59 Å². The molecule has 0 bridgehead atoms. The fourth-order valence-corrected chi connectivity index (χ4v) is 1.70. The molecule has 2 rings (SSSR count). The van der Waals surface area contributed by atoms with Gasteiger partial charge in [-0.3, -0.25) is 4.79 Å². The van der Waals surface area contributed by atoms with Gasteiger partial charge < -0.3 is 15.3 Å². The fraction of sp³-hybridized carbons (Fsp3) is 0.143. The first-order valence-electron chi connectivity index (χ1n) is 5.79. The third kappa shape index (κ3) is 2.89. The molecule has 19 heavy (non-hydrogen) atoms. The maximum Gasteiger partial charge on any atom is 0.371 e. The van der Waals surface area contributed by atoms with Crippen LogP contribution in [0, 0.1) is 0 Å². The predicted molar refractivity (Wildman–Crippen MR) is 72.1 cm³/mol. The molecule has 1 aromatic carbocycles. The average Bonchev–Trinajstić information content (AvgIpc) is 2.39. The Morgan fingerprint density at radius 2 is 2.16 bits per heavy atom. The topological polar surface area (TPSA) is 93.5 Å². The second kappa shape index (κ2) is 5.49. The molecule has 0 fully saturated rings. The van der Waals surface area contributed by atoms with E-state index in [1.165, 1.54) is 0 Å². The monoisotopic (exact) mass is 259 g/mol. The minimum atomic E-state index is -1.26. The van der Waals surface area contributed by atoms with Crippen molar-refractivity contribution in [2.75, 3.05) is 6.54 Å². The number of carboxylic acids is 1. The Kier molecular flexibility index (Phi) is 3.77. The number of benzene rings is 1. The minimum absolute atomic E-state index is 0.265. The van der Waals surface area contributed by atoms with Gasteiger partial charge in [-0.15, -0.1) is 0 Å². The molecular formula is C14H13NO4. The Bertz CT molecular complexity index is 700. The van der Waals surface area contributed by atoms with Crippen LogP contribution in [-0.4, -0.2) is 17.6 Å². The van der Waals surface area contributed by atoms with Crippen molar-refractivity contribution in [1.82, 2.24) is 0 Å². The summed E-state index contributed by atoms with van der Waals surface area (Å²) in [5.74, 6) is -1.62. The highest BCUT2D eigenvalue weighted by atomic mass is 16.4. The van der Waals surface area contributed by atoms with Crippen molar-refractivity contribution in [3.8, 4) is 0 Å². The molecule has 5 heteroatoms. The predicted octanol–water partition coefficient (Wildman–Crippen LogP) is 1.85. The van der Waals surface area contributed by atoms with Crippen molar-refractivity contribution < 1.29 is 14.3 Å². The van der Waals surface area contributed by atoms with E-state index in [4.69, 9.17) is 15.3 Å². The number of nitrogens with two attached hydrogens (primary N) is 1. The zero-order valence-electron chi connectivity index (χ0n) is 10.1. The summed E-state index contributed by atoms with van der Waals surface area (Å²) in [6, 6.07) is 5.99. The van der Waals surface area contributed by atoms with Gasteiger partial charge in [-0.05, 0) is 30.7 Å². The molecule has 0 aliphatic rings. The lowest BCUT2D eigenvalue weighted by Gasteiger charge is -2.00. The average molecular weight is 259 g/mol. The van der Waals surface area contributed by atoms with Gasteiger partial charge in [0.25, 0.3) is 0 Å². The van der Waals surface area contributed by atoms with Gasteiger partial charge in [0.2, 0.25) is 5.76 Å². The summed E-state index contributed by atoms with van der Waals surface area (Å²) in [4.78, 5) is 22.6. The maximum absolute atomic E-state index is 11.8. The van der Waals surface area contributed by atoms with Gasteiger partial charge in [-0.2, -0.15) is 0 Å². The molecule has 0 saturated heterocycles. The van der Waals surface area contributed by atoms with Gasteiger partial charge in [0.05, 0.1) is 5.39 Å². The summed E-state index contributed by atoms with van der Waals surface area (Å²) in [5.41, 5.74) is 6.12. The molecule has 5 nitrogen and oxygen atoms in total. The number of aromatic carboxylic acids is 1. The smallest absolute Gasteiger partial charge is 0.371 e. The van der Waals surface area contributed by atoms with Gasteiger partial charge in [-0.1, -0.05) is 18.2 Å².